The number of ether oxygens (including phenoxy) is 4. The topological polar surface area (TPSA) is 211 Å². The van der Waals surface area contributed by atoms with E-state index in [1.807, 2.05) is 24.3 Å². The predicted octanol–water partition coefficient (Wildman–Crippen LogP) is 13.0. The van der Waals surface area contributed by atoms with Crippen molar-refractivity contribution < 1.29 is 39.4 Å². The number of aromatic nitrogens is 6. The lowest BCUT2D eigenvalue weighted by molar-refractivity contribution is 0.0113. The van der Waals surface area contributed by atoms with E-state index in [9.17, 15) is 20.4 Å². The molecule has 5 fully saturated rings. The Morgan fingerprint density at radius 3 is 1.12 bits per heavy atom. The first kappa shape index (κ1) is 63.2. The summed E-state index contributed by atoms with van der Waals surface area (Å²) in [5.74, 6) is 3.22. The molecular weight excluding hydrogens is 1130 g/mol. The molecule has 5 aliphatic rings. The molecule has 6 aromatic carbocycles. The van der Waals surface area contributed by atoms with Crippen molar-refractivity contribution in [2.24, 2.45) is 0 Å². The van der Waals surface area contributed by atoms with Crippen LogP contribution in [0.5, 0.6) is 23.0 Å². The van der Waals surface area contributed by atoms with Gasteiger partial charge in [0.25, 0.3) is 0 Å². The maximum Gasteiger partial charge on any atom is 0.167 e. The first-order valence-corrected chi connectivity index (χ1v) is 32.5. The SMILES string of the molecule is CCCCOCC(O)COc1ccc(-c2nc(-c3ccc(N4CCCC4)cc3)nc(-c3ccc(N4CCCC4)cc3)n2)c(O)c1.CCCCOCC1CO1.Oc1ccc(-c2nc(-c3ccc(N4CCCC4)cc3)nc(-c3ccc(N4CCCC4)cc3)n2)c(O)c1. The van der Waals surface area contributed by atoms with Gasteiger partial charge in [-0.05, 0) is 186 Å². The van der Waals surface area contributed by atoms with Gasteiger partial charge in [0.05, 0.1) is 30.9 Å². The first-order valence-electron chi connectivity index (χ1n) is 32.5. The van der Waals surface area contributed by atoms with Crippen LogP contribution >= 0.6 is 0 Å². The minimum absolute atomic E-state index is 0.0132. The number of hydrogen-bond acceptors (Lipinski definition) is 18. The summed E-state index contributed by atoms with van der Waals surface area (Å²) in [4.78, 5) is 38.4. The molecule has 2 aromatic heterocycles. The molecule has 0 spiro atoms. The molecule has 4 N–H and O–H groups in total. The van der Waals surface area contributed by atoms with Gasteiger partial charge in [-0.25, -0.2) is 29.9 Å². The van der Waals surface area contributed by atoms with Gasteiger partial charge in [0.2, 0.25) is 0 Å². The minimum Gasteiger partial charge on any atom is -0.508 e. The molecule has 472 valence electrons. The minimum atomic E-state index is -0.758. The van der Waals surface area contributed by atoms with Crippen LogP contribution in [-0.4, -0.2) is 155 Å². The second-order valence-electron chi connectivity index (χ2n) is 23.7. The number of phenols is 3. The van der Waals surface area contributed by atoms with Crippen LogP contribution in [-0.2, 0) is 14.2 Å². The van der Waals surface area contributed by atoms with Crippen molar-refractivity contribution in [1.82, 2.24) is 29.9 Å². The van der Waals surface area contributed by atoms with Gasteiger partial charge < -0.3 is 59.0 Å². The van der Waals surface area contributed by atoms with E-state index in [4.69, 9.17) is 48.9 Å². The van der Waals surface area contributed by atoms with E-state index < -0.39 is 6.10 Å². The molecular formula is C72H86N10O8. The molecule has 90 heavy (non-hydrogen) atoms. The van der Waals surface area contributed by atoms with Crippen molar-refractivity contribution in [3.63, 3.8) is 0 Å². The van der Waals surface area contributed by atoms with Crippen LogP contribution in [0.15, 0.2) is 133 Å². The third-order valence-electron chi connectivity index (χ3n) is 16.8. The normalized spacial score (nSPS) is 16.4. The largest absolute Gasteiger partial charge is 0.508 e. The summed E-state index contributed by atoms with van der Waals surface area (Å²) in [6, 6.07) is 42.8. The maximum atomic E-state index is 11.1. The fourth-order valence-corrected chi connectivity index (χ4v) is 11.5. The molecule has 0 bridgehead atoms. The summed E-state index contributed by atoms with van der Waals surface area (Å²) in [6.45, 7) is 16.4. The predicted molar refractivity (Wildman–Crippen MR) is 356 cm³/mol. The van der Waals surface area contributed by atoms with E-state index in [1.54, 1.807) is 18.2 Å². The molecule has 13 rings (SSSR count). The number of aliphatic hydroxyl groups excluding tert-OH is 1. The van der Waals surface area contributed by atoms with Crippen LogP contribution in [0.2, 0.25) is 0 Å². The lowest BCUT2D eigenvalue weighted by Gasteiger charge is -2.18. The highest BCUT2D eigenvalue weighted by Crippen LogP contribution is 2.36. The Labute approximate surface area is 529 Å². The van der Waals surface area contributed by atoms with Crippen molar-refractivity contribution in [1.29, 1.82) is 0 Å². The van der Waals surface area contributed by atoms with E-state index >= 15 is 0 Å². The Bertz CT molecular complexity index is 3380. The van der Waals surface area contributed by atoms with Crippen molar-refractivity contribution >= 4 is 22.7 Å². The average molecular weight is 1220 g/mol. The maximum absolute atomic E-state index is 11.1. The Hall–Kier alpha value is -8.42. The average Bonchev–Trinajstić information content (AvgIpc) is 1.17. The number of epoxide rings is 1. The molecule has 2 atom stereocenters. The summed E-state index contributed by atoms with van der Waals surface area (Å²) >= 11 is 0. The van der Waals surface area contributed by atoms with Crippen LogP contribution < -0.4 is 24.3 Å². The van der Waals surface area contributed by atoms with Crippen molar-refractivity contribution in [3.05, 3.63) is 133 Å². The van der Waals surface area contributed by atoms with Crippen molar-refractivity contribution in [3.8, 4) is 91.3 Å². The number of aliphatic hydroxyl groups is 1. The number of nitrogens with zero attached hydrogens (tertiary/aromatic N) is 10. The van der Waals surface area contributed by atoms with E-state index in [-0.39, 0.29) is 30.5 Å². The molecule has 7 heterocycles. The fraction of sp³-hybridized carbons (Fsp3) is 0.417. The highest BCUT2D eigenvalue weighted by atomic mass is 16.6. The molecule has 0 aliphatic carbocycles. The summed E-state index contributed by atoms with van der Waals surface area (Å²) in [5.41, 5.74) is 9.27. The van der Waals surface area contributed by atoms with Gasteiger partial charge in [-0.3, -0.25) is 0 Å². The molecule has 18 heteroatoms. The van der Waals surface area contributed by atoms with Crippen LogP contribution in [0.1, 0.15) is 90.9 Å². The van der Waals surface area contributed by atoms with E-state index in [1.165, 1.54) is 105 Å². The quantitative estimate of drug-likeness (QED) is 0.0346. The van der Waals surface area contributed by atoms with Crippen LogP contribution in [0.3, 0.4) is 0 Å². The Morgan fingerprint density at radius 2 is 0.778 bits per heavy atom. The van der Waals surface area contributed by atoms with E-state index in [0.717, 1.165) is 107 Å². The number of anilines is 4. The van der Waals surface area contributed by atoms with Crippen LogP contribution in [0.4, 0.5) is 22.7 Å². The molecule has 8 aromatic rings. The third-order valence-corrected chi connectivity index (χ3v) is 16.8. The molecule has 0 radical (unpaired) electrons. The van der Waals surface area contributed by atoms with Gasteiger partial charge in [0, 0.05) is 123 Å². The lowest BCUT2D eigenvalue weighted by atomic mass is 10.1. The van der Waals surface area contributed by atoms with Gasteiger partial charge in [0.1, 0.15) is 41.8 Å². The van der Waals surface area contributed by atoms with Gasteiger partial charge >= 0.3 is 0 Å². The number of unbranched alkanes of at least 4 members (excludes halogenated alkanes) is 2. The monoisotopic (exact) mass is 1220 g/mol. The van der Waals surface area contributed by atoms with Gasteiger partial charge in [0.15, 0.2) is 34.9 Å². The van der Waals surface area contributed by atoms with Gasteiger partial charge in [-0.15, -0.1) is 0 Å². The number of aromatic hydroxyl groups is 3. The van der Waals surface area contributed by atoms with Crippen molar-refractivity contribution in [2.75, 3.05) is 112 Å². The summed E-state index contributed by atoms with van der Waals surface area (Å²) in [6.07, 6.45) is 13.9. The lowest BCUT2D eigenvalue weighted by Crippen LogP contribution is -2.23. The number of rotatable bonds is 23. The summed E-state index contributed by atoms with van der Waals surface area (Å²) < 4.78 is 21.5. The standard InChI is InChI=1S/C36H43N5O4.C29H29N5O2.C7H14O2/c1-2-3-22-44-24-30(42)25-45-31-16-17-32(33(43)23-31)36-38-34(26-8-12-28(13-9-26)40-18-4-5-19-40)37-35(39-36)27-10-14-29(15-11-27)41-20-6-7-21-41;35-24-13-14-25(26(36)19-24)29-31-27(20-5-9-22(10-6-20)33-15-1-2-16-33)30-28(32-29)21-7-11-23(12-8-21)34-17-3-4-18-34;1-2-3-4-8-5-7-6-9-7/h8-17,23,30,42-43H,2-7,18-22,24-25H2,1H3;5-14,19,35-36H,1-4,15-18H2;7H,2-6H2,1H3. The Kier molecular flexibility index (Phi) is 22.0. The molecule has 0 saturated carbocycles. The molecule has 2 unspecified atom stereocenters. The first-order chi connectivity index (χ1) is 44.1. The van der Waals surface area contributed by atoms with Crippen LogP contribution in [0.25, 0.3) is 68.3 Å². The smallest absolute Gasteiger partial charge is 0.167 e. The summed E-state index contributed by atoms with van der Waals surface area (Å²) in [5, 5.41) is 41.5. The highest BCUT2D eigenvalue weighted by molar-refractivity contribution is 5.74. The number of benzene rings is 6. The van der Waals surface area contributed by atoms with Gasteiger partial charge in [-0.2, -0.15) is 0 Å². The zero-order valence-corrected chi connectivity index (χ0v) is 52.1. The van der Waals surface area contributed by atoms with Crippen molar-refractivity contribution in [2.45, 2.75) is 103 Å². The van der Waals surface area contributed by atoms with Gasteiger partial charge in [-0.1, -0.05) is 26.7 Å². The Morgan fingerprint density at radius 1 is 0.433 bits per heavy atom. The van der Waals surface area contributed by atoms with Crippen LogP contribution in [0, 0.1) is 0 Å². The Balaban J connectivity index is 0.000000165. The molecule has 5 saturated heterocycles. The summed E-state index contributed by atoms with van der Waals surface area (Å²) in [7, 11) is 0. The second-order valence-corrected chi connectivity index (χ2v) is 23.7. The molecule has 0 amide bonds. The second kappa shape index (κ2) is 31.4. The molecule has 5 aliphatic heterocycles. The highest BCUT2D eigenvalue weighted by Gasteiger charge is 2.23. The van der Waals surface area contributed by atoms with E-state index in [2.05, 4.69) is 106 Å². The zero-order valence-electron chi connectivity index (χ0n) is 52.1. The van der Waals surface area contributed by atoms with E-state index in [0.29, 0.717) is 64.5 Å². The molecule has 18 nitrogen and oxygen atoms in total. The fourth-order valence-electron chi connectivity index (χ4n) is 11.5. The zero-order chi connectivity index (χ0) is 62.0. The number of hydrogen-bond donors (Lipinski definition) is 4. The third kappa shape index (κ3) is 17.1. The number of phenolic OH excluding ortho intramolecular Hbond substituents is 3.